The summed E-state index contributed by atoms with van der Waals surface area (Å²) in [4.78, 5) is 23.9. The van der Waals surface area contributed by atoms with Gasteiger partial charge in [-0.2, -0.15) is 0 Å². The number of anilines is 2. The van der Waals surface area contributed by atoms with E-state index in [1.165, 1.54) is 42.5 Å². The second-order valence-electron chi connectivity index (χ2n) is 7.28. The summed E-state index contributed by atoms with van der Waals surface area (Å²) in [5.74, 6) is -2.02. The van der Waals surface area contributed by atoms with Gasteiger partial charge in [-0.05, 0) is 67.1 Å². The lowest BCUT2D eigenvalue weighted by Crippen LogP contribution is -2.15. The minimum atomic E-state index is -4.13. The summed E-state index contributed by atoms with van der Waals surface area (Å²) in [6, 6.07) is 14.9. The Morgan fingerprint density at radius 3 is 2.38 bits per heavy atom. The first kappa shape index (κ1) is 25.2. The molecule has 0 spiro atoms. The minimum Gasteiger partial charge on any atom is -0.462 e. The third kappa shape index (κ3) is 6.55. The molecule has 3 rings (SSSR count). The van der Waals surface area contributed by atoms with E-state index in [9.17, 15) is 22.4 Å². The number of carbonyl (C=O) groups is 2. The number of hydrogen-bond acceptors (Lipinski definition) is 5. The van der Waals surface area contributed by atoms with Gasteiger partial charge < -0.3 is 10.1 Å². The summed E-state index contributed by atoms with van der Waals surface area (Å²) in [6.45, 7) is 2.29. The molecule has 0 unspecified atom stereocenters. The topological polar surface area (TPSA) is 102 Å². The smallest absolute Gasteiger partial charge is 0.338 e. The molecule has 3 aromatic carbocycles. The number of rotatable bonds is 9. The van der Waals surface area contributed by atoms with Crippen LogP contribution in [0.15, 0.2) is 71.6 Å². The van der Waals surface area contributed by atoms with E-state index in [1.54, 1.807) is 12.1 Å². The maximum atomic E-state index is 14.6. The number of sulfonamides is 1. The summed E-state index contributed by atoms with van der Waals surface area (Å²) in [5, 5.41) is 2.73. The minimum absolute atomic E-state index is 0.184. The van der Waals surface area contributed by atoms with Crippen LogP contribution in [0.4, 0.5) is 15.8 Å². The van der Waals surface area contributed by atoms with Gasteiger partial charge in [0, 0.05) is 16.3 Å². The predicted molar refractivity (Wildman–Crippen MR) is 128 cm³/mol. The number of benzene rings is 3. The predicted octanol–water partition coefficient (Wildman–Crippen LogP) is 5.49. The van der Waals surface area contributed by atoms with Crippen LogP contribution in [-0.2, 0) is 14.8 Å². The molecule has 0 saturated carbocycles. The van der Waals surface area contributed by atoms with Gasteiger partial charge in [0.25, 0.3) is 15.9 Å². The first-order chi connectivity index (χ1) is 16.2. The van der Waals surface area contributed by atoms with Crippen LogP contribution in [0.2, 0.25) is 5.02 Å². The normalized spacial score (nSPS) is 11.0. The average molecular weight is 505 g/mol. The molecular weight excluding hydrogens is 483 g/mol. The van der Waals surface area contributed by atoms with Crippen LogP contribution < -0.4 is 10.0 Å². The maximum absolute atomic E-state index is 14.6. The Hall–Kier alpha value is -3.43. The summed E-state index contributed by atoms with van der Waals surface area (Å²) in [7, 11) is -4.13. The zero-order valence-corrected chi connectivity index (χ0v) is 19.8. The Kier molecular flexibility index (Phi) is 8.25. The number of ether oxygens (including phenoxy) is 1. The SMILES string of the molecule is CCCCOC(=O)c1ccc(NS(=O)(=O)c2ccc(NC(=O)c3cccc(Cl)c3)c(F)c2)cc1. The quantitative estimate of drug-likeness (QED) is 0.296. The van der Waals surface area contributed by atoms with Crippen LogP contribution in [-0.4, -0.2) is 26.9 Å². The standard InChI is InChI=1S/C24H22ClFN2O5S/c1-2-3-13-33-24(30)16-7-9-19(10-8-16)28-34(31,32)20-11-12-22(21(26)15-20)27-23(29)17-5-4-6-18(25)14-17/h4-12,14-15,28H,2-3,13H2,1H3,(H,27,29). The van der Waals surface area contributed by atoms with Crippen molar-refractivity contribution < 1.29 is 27.1 Å². The molecule has 0 radical (unpaired) electrons. The van der Waals surface area contributed by atoms with Crippen LogP contribution in [0.1, 0.15) is 40.5 Å². The fourth-order valence-corrected chi connectivity index (χ4v) is 4.13. The molecule has 0 saturated heterocycles. The Balaban J connectivity index is 1.69. The number of nitrogens with one attached hydrogen (secondary N) is 2. The van der Waals surface area contributed by atoms with Gasteiger partial charge in [0.15, 0.2) is 0 Å². The average Bonchev–Trinajstić information content (AvgIpc) is 2.80. The Morgan fingerprint density at radius 2 is 1.74 bits per heavy atom. The molecule has 3 aromatic rings. The molecule has 0 bridgehead atoms. The molecule has 2 N–H and O–H groups in total. The van der Waals surface area contributed by atoms with Crippen molar-refractivity contribution in [2.75, 3.05) is 16.6 Å². The van der Waals surface area contributed by atoms with E-state index in [2.05, 4.69) is 10.0 Å². The molecule has 0 aliphatic carbocycles. The highest BCUT2D eigenvalue weighted by Gasteiger charge is 2.18. The fourth-order valence-electron chi connectivity index (χ4n) is 2.87. The van der Waals surface area contributed by atoms with Crippen molar-refractivity contribution in [2.45, 2.75) is 24.7 Å². The summed E-state index contributed by atoms with van der Waals surface area (Å²) >= 11 is 5.86. The number of amides is 1. The van der Waals surface area contributed by atoms with E-state index in [0.717, 1.165) is 25.0 Å². The second kappa shape index (κ2) is 11.1. The van der Waals surface area contributed by atoms with E-state index in [0.29, 0.717) is 11.6 Å². The lowest BCUT2D eigenvalue weighted by Gasteiger charge is -2.11. The molecule has 7 nitrogen and oxygen atoms in total. The van der Waals surface area contributed by atoms with Gasteiger partial charge in [-0.3, -0.25) is 9.52 Å². The van der Waals surface area contributed by atoms with E-state index in [-0.39, 0.29) is 27.4 Å². The highest BCUT2D eigenvalue weighted by atomic mass is 35.5. The lowest BCUT2D eigenvalue weighted by molar-refractivity contribution is 0.0499. The molecule has 0 aliphatic heterocycles. The molecule has 178 valence electrons. The van der Waals surface area contributed by atoms with Crippen LogP contribution in [0.25, 0.3) is 0 Å². The van der Waals surface area contributed by atoms with Gasteiger partial charge in [0.1, 0.15) is 5.82 Å². The van der Waals surface area contributed by atoms with Crippen LogP contribution >= 0.6 is 11.6 Å². The van der Waals surface area contributed by atoms with Crippen LogP contribution in [0.5, 0.6) is 0 Å². The number of esters is 1. The number of halogens is 2. The lowest BCUT2D eigenvalue weighted by atomic mass is 10.2. The van der Waals surface area contributed by atoms with E-state index < -0.39 is 27.7 Å². The van der Waals surface area contributed by atoms with Gasteiger partial charge >= 0.3 is 5.97 Å². The molecule has 34 heavy (non-hydrogen) atoms. The van der Waals surface area contributed by atoms with Crippen molar-refractivity contribution >= 4 is 44.9 Å². The largest absolute Gasteiger partial charge is 0.462 e. The molecule has 0 aromatic heterocycles. The first-order valence-electron chi connectivity index (χ1n) is 10.4. The van der Waals surface area contributed by atoms with E-state index >= 15 is 0 Å². The summed E-state index contributed by atoms with van der Waals surface area (Å²) in [5.41, 5.74) is 0.506. The second-order valence-corrected chi connectivity index (χ2v) is 9.40. The molecular formula is C24H22ClFN2O5S. The number of carbonyl (C=O) groups excluding carboxylic acids is 2. The first-order valence-corrected chi connectivity index (χ1v) is 12.2. The Labute approximate surface area is 202 Å². The fraction of sp³-hybridized carbons (Fsp3) is 0.167. The molecule has 0 heterocycles. The molecule has 0 atom stereocenters. The zero-order chi connectivity index (χ0) is 24.7. The van der Waals surface area contributed by atoms with Gasteiger partial charge in [-0.15, -0.1) is 0 Å². The van der Waals surface area contributed by atoms with Gasteiger partial charge in [-0.1, -0.05) is 31.0 Å². The molecule has 0 aliphatic rings. The van der Waals surface area contributed by atoms with Crippen molar-refractivity contribution in [1.29, 1.82) is 0 Å². The van der Waals surface area contributed by atoms with Gasteiger partial charge in [-0.25, -0.2) is 17.6 Å². The Bertz CT molecular complexity index is 1300. The van der Waals surface area contributed by atoms with Crippen molar-refractivity contribution in [3.05, 3.63) is 88.7 Å². The molecule has 0 fully saturated rings. The zero-order valence-electron chi connectivity index (χ0n) is 18.2. The summed E-state index contributed by atoms with van der Waals surface area (Å²) < 4.78 is 47.3. The number of unbranched alkanes of at least 4 members (excludes halogenated alkanes) is 1. The number of hydrogen-bond donors (Lipinski definition) is 2. The monoisotopic (exact) mass is 504 g/mol. The third-order valence-corrected chi connectivity index (χ3v) is 6.30. The van der Waals surface area contributed by atoms with Crippen molar-refractivity contribution in [3.8, 4) is 0 Å². The summed E-state index contributed by atoms with van der Waals surface area (Å²) in [6.07, 6.45) is 1.65. The van der Waals surface area contributed by atoms with E-state index in [4.69, 9.17) is 16.3 Å². The maximum Gasteiger partial charge on any atom is 0.338 e. The van der Waals surface area contributed by atoms with Gasteiger partial charge in [0.05, 0.1) is 22.8 Å². The van der Waals surface area contributed by atoms with Gasteiger partial charge in [0.2, 0.25) is 0 Å². The third-order valence-electron chi connectivity index (χ3n) is 4.69. The highest BCUT2D eigenvalue weighted by Crippen LogP contribution is 2.23. The molecule has 1 amide bonds. The van der Waals surface area contributed by atoms with Crippen LogP contribution in [0, 0.1) is 5.82 Å². The van der Waals surface area contributed by atoms with E-state index in [1.807, 2.05) is 6.92 Å². The molecule has 10 heteroatoms. The van der Waals surface area contributed by atoms with Crippen molar-refractivity contribution in [1.82, 2.24) is 0 Å². The van der Waals surface area contributed by atoms with Crippen molar-refractivity contribution in [2.24, 2.45) is 0 Å². The van der Waals surface area contributed by atoms with Crippen molar-refractivity contribution in [3.63, 3.8) is 0 Å². The highest BCUT2D eigenvalue weighted by molar-refractivity contribution is 7.92. The Morgan fingerprint density at radius 1 is 1.00 bits per heavy atom. The van der Waals surface area contributed by atoms with Crippen LogP contribution in [0.3, 0.4) is 0 Å².